The minimum Gasteiger partial charge on any atom is -0.497 e. The van der Waals surface area contributed by atoms with Gasteiger partial charge in [-0.15, -0.1) is 0 Å². The van der Waals surface area contributed by atoms with Crippen molar-refractivity contribution in [3.8, 4) is 5.75 Å². The van der Waals surface area contributed by atoms with Gasteiger partial charge in [0.2, 0.25) is 0 Å². The highest BCUT2D eigenvalue weighted by Gasteiger charge is 2.08. The first-order valence-corrected chi connectivity index (χ1v) is 10.8. The van der Waals surface area contributed by atoms with Crippen molar-refractivity contribution in [2.75, 3.05) is 33.4 Å². The Labute approximate surface area is 180 Å². The van der Waals surface area contributed by atoms with E-state index in [2.05, 4.69) is 29.6 Å². The lowest BCUT2D eigenvalue weighted by Crippen LogP contribution is -2.38. The Hall–Kier alpha value is -2.54. The number of ether oxygens (including phenoxy) is 2. The zero-order valence-corrected chi connectivity index (χ0v) is 19.1. The van der Waals surface area contributed by atoms with E-state index in [1.165, 1.54) is 11.3 Å². The number of guanidine groups is 1. The number of methoxy groups -OCH3 is 1. The van der Waals surface area contributed by atoms with Crippen LogP contribution in [0.15, 0.2) is 29.3 Å². The van der Waals surface area contributed by atoms with Crippen LogP contribution >= 0.6 is 0 Å². The molecule has 0 radical (unpaired) electrons. The van der Waals surface area contributed by atoms with Gasteiger partial charge in [0.25, 0.3) is 0 Å². The summed E-state index contributed by atoms with van der Waals surface area (Å²) in [5.41, 5.74) is 4.86. The number of aliphatic imine (C=N–C) groups is 1. The molecule has 0 unspecified atom stereocenters. The van der Waals surface area contributed by atoms with Gasteiger partial charge >= 0.3 is 0 Å². The van der Waals surface area contributed by atoms with Crippen molar-refractivity contribution in [2.24, 2.45) is 12.0 Å². The minimum absolute atomic E-state index is 0.617. The number of benzene rings is 1. The molecule has 0 spiro atoms. The number of hydrogen-bond acceptors (Lipinski definition) is 4. The van der Waals surface area contributed by atoms with Gasteiger partial charge in [-0.05, 0) is 63.3 Å². The Morgan fingerprint density at radius 2 is 1.80 bits per heavy atom. The highest BCUT2D eigenvalue weighted by Crippen LogP contribution is 2.14. The molecule has 166 valence electrons. The van der Waals surface area contributed by atoms with Crippen molar-refractivity contribution in [1.82, 2.24) is 20.4 Å². The van der Waals surface area contributed by atoms with Crippen LogP contribution in [0.3, 0.4) is 0 Å². The Bertz CT molecular complexity index is 784. The van der Waals surface area contributed by atoms with Crippen LogP contribution in [0.5, 0.6) is 5.75 Å². The lowest BCUT2D eigenvalue weighted by atomic mass is 10.1. The molecule has 7 heteroatoms. The Balaban J connectivity index is 1.87. The predicted molar refractivity (Wildman–Crippen MR) is 122 cm³/mol. The maximum Gasteiger partial charge on any atom is 0.191 e. The maximum absolute atomic E-state index is 5.42. The normalized spacial score (nSPS) is 11.6. The van der Waals surface area contributed by atoms with Gasteiger partial charge in [0, 0.05) is 39.0 Å². The number of nitrogens with one attached hydrogen (secondary N) is 2. The van der Waals surface area contributed by atoms with Crippen molar-refractivity contribution >= 4 is 5.96 Å². The number of rotatable bonds is 12. The van der Waals surface area contributed by atoms with E-state index in [9.17, 15) is 0 Å². The molecule has 0 bridgehead atoms. The SMILES string of the molecule is CCOCCCNC(=NCc1ccc(OC)cc1)NCCCc1c(C)nn(C)c1C. The third-order valence-electron chi connectivity index (χ3n) is 5.10. The van der Waals surface area contributed by atoms with E-state index in [4.69, 9.17) is 14.5 Å². The summed E-state index contributed by atoms with van der Waals surface area (Å²) in [6.45, 7) is 10.0. The number of aryl methyl sites for hydroxylation is 2. The van der Waals surface area contributed by atoms with Crippen LogP contribution in [0.1, 0.15) is 42.3 Å². The molecule has 0 fully saturated rings. The van der Waals surface area contributed by atoms with Gasteiger partial charge in [0.15, 0.2) is 5.96 Å². The number of aromatic nitrogens is 2. The quantitative estimate of drug-likeness (QED) is 0.317. The molecule has 0 atom stereocenters. The molecule has 0 aliphatic rings. The molecule has 2 rings (SSSR count). The van der Waals surface area contributed by atoms with Gasteiger partial charge < -0.3 is 20.1 Å². The van der Waals surface area contributed by atoms with Crippen molar-refractivity contribution in [1.29, 1.82) is 0 Å². The van der Waals surface area contributed by atoms with E-state index < -0.39 is 0 Å². The predicted octanol–water partition coefficient (Wildman–Crippen LogP) is 3.14. The molecular formula is C23H37N5O2. The number of nitrogens with zero attached hydrogens (tertiary/aromatic N) is 3. The molecule has 0 aliphatic heterocycles. The van der Waals surface area contributed by atoms with E-state index in [1.54, 1.807) is 7.11 Å². The van der Waals surface area contributed by atoms with Gasteiger partial charge in [-0.25, -0.2) is 4.99 Å². The molecular weight excluding hydrogens is 378 g/mol. The molecule has 2 N–H and O–H groups in total. The topological polar surface area (TPSA) is 72.7 Å². The van der Waals surface area contributed by atoms with Gasteiger partial charge in [-0.2, -0.15) is 5.10 Å². The van der Waals surface area contributed by atoms with Crippen molar-refractivity contribution < 1.29 is 9.47 Å². The van der Waals surface area contributed by atoms with Crippen LogP contribution < -0.4 is 15.4 Å². The fourth-order valence-electron chi connectivity index (χ4n) is 3.25. The summed E-state index contributed by atoms with van der Waals surface area (Å²) in [6, 6.07) is 8.02. The summed E-state index contributed by atoms with van der Waals surface area (Å²) < 4.78 is 12.6. The summed E-state index contributed by atoms with van der Waals surface area (Å²) in [4.78, 5) is 4.75. The minimum atomic E-state index is 0.617. The Morgan fingerprint density at radius 1 is 1.10 bits per heavy atom. The van der Waals surface area contributed by atoms with Crippen LogP contribution in [0.4, 0.5) is 0 Å². The summed E-state index contributed by atoms with van der Waals surface area (Å²) in [5, 5.41) is 11.4. The average Bonchev–Trinajstić information content (AvgIpc) is 3.00. The van der Waals surface area contributed by atoms with Crippen LogP contribution in [-0.4, -0.2) is 49.2 Å². The molecule has 1 aromatic carbocycles. The third-order valence-corrected chi connectivity index (χ3v) is 5.10. The van der Waals surface area contributed by atoms with Crippen LogP contribution in [-0.2, 0) is 24.8 Å². The van der Waals surface area contributed by atoms with Crippen LogP contribution in [0, 0.1) is 13.8 Å². The monoisotopic (exact) mass is 415 g/mol. The van der Waals surface area contributed by atoms with Gasteiger partial charge in [-0.3, -0.25) is 4.68 Å². The second-order valence-corrected chi connectivity index (χ2v) is 7.29. The summed E-state index contributed by atoms with van der Waals surface area (Å²) in [7, 11) is 3.68. The Morgan fingerprint density at radius 3 is 2.40 bits per heavy atom. The number of hydrogen-bond donors (Lipinski definition) is 2. The summed E-state index contributed by atoms with van der Waals surface area (Å²) >= 11 is 0. The van der Waals surface area contributed by atoms with Crippen molar-refractivity contribution in [2.45, 2.75) is 46.6 Å². The molecule has 30 heavy (non-hydrogen) atoms. The largest absolute Gasteiger partial charge is 0.497 e. The van der Waals surface area contributed by atoms with E-state index in [1.807, 2.05) is 42.9 Å². The Kier molecular flexibility index (Phi) is 10.2. The van der Waals surface area contributed by atoms with Crippen LogP contribution in [0.2, 0.25) is 0 Å². The smallest absolute Gasteiger partial charge is 0.191 e. The first kappa shape index (κ1) is 23.7. The lowest BCUT2D eigenvalue weighted by Gasteiger charge is -2.13. The van der Waals surface area contributed by atoms with Crippen molar-refractivity contribution in [3.05, 3.63) is 46.8 Å². The first-order valence-electron chi connectivity index (χ1n) is 10.8. The van der Waals surface area contributed by atoms with E-state index >= 15 is 0 Å². The highest BCUT2D eigenvalue weighted by atomic mass is 16.5. The second-order valence-electron chi connectivity index (χ2n) is 7.29. The standard InChI is InChI=1S/C23H37N5O2/c1-6-30-16-8-15-25-23(26-17-20-10-12-21(29-5)13-11-20)24-14-7-9-22-18(2)27-28(4)19(22)3/h10-13H,6-9,14-17H2,1-5H3,(H2,24,25,26). The van der Waals surface area contributed by atoms with Crippen LogP contribution in [0.25, 0.3) is 0 Å². The second kappa shape index (κ2) is 12.9. The molecule has 0 amide bonds. The van der Waals surface area contributed by atoms with Gasteiger partial charge in [0.05, 0.1) is 19.3 Å². The van der Waals surface area contributed by atoms with E-state index in [0.29, 0.717) is 6.54 Å². The third kappa shape index (κ3) is 7.71. The highest BCUT2D eigenvalue weighted by molar-refractivity contribution is 5.79. The maximum atomic E-state index is 5.42. The first-order chi connectivity index (χ1) is 14.5. The average molecular weight is 416 g/mol. The molecule has 0 saturated carbocycles. The fraction of sp³-hybridized carbons (Fsp3) is 0.565. The van der Waals surface area contributed by atoms with Gasteiger partial charge in [0.1, 0.15) is 5.75 Å². The zero-order chi connectivity index (χ0) is 21.8. The molecule has 1 heterocycles. The molecule has 0 saturated heterocycles. The molecule has 0 aliphatic carbocycles. The van der Waals surface area contributed by atoms with Gasteiger partial charge in [-0.1, -0.05) is 12.1 Å². The molecule has 2 aromatic rings. The lowest BCUT2D eigenvalue weighted by molar-refractivity contribution is 0.145. The summed E-state index contributed by atoms with van der Waals surface area (Å²) in [6.07, 6.45) is 2.98. The zero-order valence-electron chi connectivity index (χ0n) is 19.1. The van der Waals surface area contributed by atoms with Crippen molar-refractivity contribution in [3.63, 3.8) is 0 Å². The fourth-order valence-corrected chi connectivity index (χ4v) is 3.25. The van der Waals surface area contributed by atoms with E-state index in [-0.39, 0.29) is 0 Å². The molecule has 7 nitrogen and oxygen atoms in total. The molecule has 1 aromatic heterocycles. The van der Waals surface area contributed by atoms with E-state index in [0.717, 1.165) is 68.5 Å². The summed E-state index contributed by atoms with van der Waals surface area (Å²) in [5.74, 6) is 1.69.